The van der Waals surface area contributed by atoms with Gasteiger partial charge in [-0.2, -0.15) is 0 Å². The van der Waals surface area contributed by atoms with Crippen LogP contribution in [0.5, 0.6) is 0 Å². The molecule has 1 amide bonds. The zero-order chi connectivity index (χ0) is 19.8. The van der Waals surface area contributed by atoms with Crippen molar-refractivity contribution >= 4 is 33.3 Å². The van der Waals surface area contributed by atoms with Crippen LogP contribution in [0.3, 0.4) is 0 Å². The molecule has 0 spiro atoms. The lowest BCUT2D eigenvalue weighted by molar-refractivity contribution is -0.141. The van der Waals surface area contributed by atoms with Crippen molar-refractivity contribution in [3.05, 3.63) is 42.5 Å². The van der Waals surface area contributed by atoms with Crippen molar-refractivity contribution in [1.29, 1.82) is 0 Å². The van der Waals surface area contributed by atoms with E-state index in [1.165, 1.54) is 12.1 Å². The van der Waals surface area contributed by atoms with Gasteiger partial charge in [0.1, 0.15) is 24.1 Å². The highest BCUT2D eigenvalue weighted by molar-refractivity contribution is 7.22. The minimum Gasteiger partial charge on any atom is -0.368 e. The third-order valence-electron chi connectivity index (χ3n) is 5.52. The fourth-order valence-corrected chi connectivity index (χ4v) is 5.07. The SMILES string of the molecule is O=C(C1CCCO1)N1CCN(c2ncnc3cc(-c4ccc(F)cc4)sc23)CC1. The summed E-state index contributed by atoms with van der Waals surface area (Å²) in [5.41, 5.74) is 1.85. The van der Waals surface area contributed by atoms with Gasteiger partial charge in [-0.05, 0) is 36.6 Å². The number of aromatic nitrogens is 2. The van der Waals surface area contributed by atoms with Crippen molar-refractivity contribution in [3.8, 4) is 10.4 Å². The Morgan fingerprint density at radius 1 is 1.14 bits per heavy atom. The zero-order valence-electron chi connectivity index (χ0n) is 15.9. The van der Waals surface area contributed by atoms with Crippen LogP contribution in [0.25, 0.3) is 20.7 Å². The van der Waals surface area contributed by atoms with Crippen LogP contribution >= 0.6 is 11.3 Å². The summed E-state index contributed by atoms with van der Waals surface area (Å²) in [4.78, 5) is 26.7. The van der Waals surface area contributed by atoms with Crippen LogP contribution in [-0.2, 0) is 9.53 Å². The summed E-state index contributed by atoms with van der Waals surface area (Å²) in [7, 11) is 0. The number of amides is 1. The van der Waals surface area contributed by atoms with Gasteiger partial charge in [-0.15, -0.1) is 11.3 Å². The molecule has 0 aliphatic carbocycles. The molecular weight excluding hydrogens is 391 g/mol. The van der Waals surface area contributed by atoms with E-state index in [4.69, 9.17) is 4.74 Å². The van der Waals surface area contributed by atoms with Gasteiger partial charge in [0, 0.05) is 37.7 Å². The minimum absolute atomic E-state index is 0.115. The van der Waals surface area contributed by atoms with E-state index in [1.54, 1.807) is 29.8 Å². The molecule has 8 heteroatoms. The number of carbonyl (C=O) groups excluding carboxylic acids is 1. The topological polar surface area (TPSA) is 58.6 Å². The van der Waals surface area contributed by atoms with Crippen molar-refractivity contribution in [2.45, 2.75) is 18.9 Å². The molecule has 150 valence electrons. The lowest BCUT2D eigenvalue weighted by Gasteiger charge is -2.36. The number of hydrogen-bond donors (Lipinski definition) is 0. The van der Waals surface area contributed by atoms with E-state index in [0.29, 0.717) is 19.7 Å². The highest BCUT2D eigenvalue weighted by Gasteiger charge is 2.31. The quantitative estimate of drug-likeness (QED) is 0.661. The van der Waals surface area contributed by atoms with Crippen molar-refractivity contribution in [1.82, 2.24) is 14.9 Å². The molecule has 4 heterocycles. The zero-order valence-corrected chi connectivity index (χ0v) is 16.7. The van der Waals surface area contributed by atoms with E-state index in [1.807, 2.05) is 11.0 Å². The second-order valence-corrected chi connectivity index (χ2v) is 8.40. The number of anilines is 1. The van der Waals surface area contributed by atoms with E-state index in [9.17, 15) is 9.18 Å². The fourth-order valence-electron chi connectivity index (χ4n) is 3.94. The highest BCUT2D eigenvalue weighted by atomic mass is 32.1. The summed E-state index contributed by atoms with van der Waals surface area (Å²) in [6.45, 7) is 3.48. The van der Waals surface area contributed by atoms with Crippen LogP contribution < -0.4 is 4.90 Å². The smallest absolute Gasteiger partial charge is 0.251 e. The van der Waals surface area contributed by atoms with Gasteiger partial charge in [0.05, 0.1) is 10.2 Å². The molecule has 1 atom stereocenters. The van der Waals surface area contributed by atoms with Crippen molar-refractivity contribution in [2.75, 3.05) is 37.7 Å². The summed E-state index contributed by atoms with van der Waals surface area (Å²) in [5.74, 6) is 0.771. The molecule has 2 aliphatic heterocycles. The predicted molar refractivity (Wildman–Crippen MR) is 111 cm³/mol. The number of carbonyl (C=O) groups is 1. The van der Waals surface area contributed by atoms with E-state index in [2.05, 4.69) is 14.9 Å². The predicted octanol–water partition coefficient (Wildman–Crippen LogP) is 3.33. The van der Waals surface area contributed by atoms with Gasteiger partial charge in [0.15, 0.2) is 0 Å². The highest BCUT2D eigenvalue weighted by Crippen LogP contribution is 2.37. The van der Waals surface area contributed by atoms with Crippen LogP contribution in [0.15, 0.2) is 36.7 Å². The van der Waals surface area contributed by atoms with Crippen molar-refractivity contribution in [3.63, 3.8) is 0 Å². The maximum absolute atomic E-state index is 13.2. The second-order valence-electron chi connectivity index (χ2n) is 7.34. The lowest BCUT2D eigenvalue weighted by atomic mass is 10.2. The first kappa shape index (κ1) is 18.4. The maximum Gasteiger partial charge on any atom is 0.251 e. The average Bonchev–Trinajstić information content (AvgIpc) is 3.44. The molecule has 0 bridgehead atoms. The normalized spacial score (nSPS) is 19.8. The Bertz CT molecular complexity index is 1020. The Kier molecular flexibility index (Phi) is 4.89. The Morgan fingerprint density at radius 3 is 2.66 bits per heavy atom. The first-order valence-electron chi connectivity index (χ1n) is 9.85. The van der Waals surface area contributed by atoms with Crippen LogP contribution in [0.2, 0.25) is 0 Å². The molecule has 3 aromatic rings. The Morgan fingerprint density at radius 2 is 1.93 bits per heavy atom. The summed E-state index contributed by atoms with van der Waals surface area (Å²) in [6, 6.07) is 8.52. The fraction of sp³-hybridized carbons (Fsp3) is 0.381. The molecule has 2 fully saturated rings. The van der Waals surface area contributed by atoms with Gasteiger partial charge in [0.25, 0.3) is 5.91 Å². The molecule has 0 radical (unpaired) electrons. The summed E-state index contributed by atoms with van der Waals surface area (Å²) in [5, 5.41) is 0. The van der Waals surface area contributed by atoms with Crippen LogP contribution in [0, 0.1) is 5.82 Å². The lowest BCUT2D eigenvalue weighted by Crippen LogP contribution is -2.51. The second kappa shape index (κ2) is 7.68. The number of halogens is 1. The van der Waals surface area contributed by atoms with E-state index < -0.39 is 0 Å². The molecule has 29 heavy (non-hydrogen) atoms. The Balaban J connectivity index is 1.35. The van der Waals surface area contributed by atoms with Crippen molar-refractivity contribution in [2.24, 2.45) is 0 Å². The maximum atomic E-state index is 13.2. The first-order valence-corrected chi connectivity index (χ1v) is 10.7. The molecule has 2 aliphatic rings. The Labute approximate surface area is 171 Å². The number of thiophene rings is 1. The number of nitrogens with zero attached hydrogens (tertiary/aromatic N) is 4. The number of rotatable bonds is 3. The molecule has 1 aromatic carbocycles. The van der Waals surface area contributed by atoms with Gasteiger partial charge >= 0.3 is 0 Å². The summed E-state index contributed by atoms with van der Waals surface area (Å²) < 4.78 is 19.8. The number of ether oxygens (including phenoxy) is 1. The van der Waals surface area contributed by atoms with Gasteiger partial charge in [0.2, 0.25) is 0 Å². The number of hydrogen-bond acceptors (Lipinski definition) is 6. The molecule has 0 N–H and O–H groups in total. The monoisotopic (exact) mass is 412 g/mol. The van der Waals surface area contributed by atoms with Crippen LogP contribution in [0.4, 0.5) is 10.2 Å². The van der Waals surface area contributed by atoms with E-state index in [-0.39, 0.29) is 17.8 Å². The largest absolute Gasteiger partial charge is 0.368 e. The summed E-state index contributed by atoms with van der Waals surface area (Å²) in [6.07, 6.45) is 3.11. The molecule has 5 rings (SSSR count). The minimum atomic E-state index is -0.261. The van der Waals surface area contributed by atoms with Gasteiger partial charge in [-0.25, -0.2) is 14.4 Å². The van der Waals surface area contributed by atoms with Gasteiger partial charge in [-0.3, -0.25) is 4.79 Å². The average molecular weight is 412 g/mol. The molecule has 2 saturated heterocycles. The number of fused-ring (bicyclic) bond motifs is 1. The van der Waals surface area contributed by atoms with E-state index in [0.717, 1.165) is 52.4 Å². The molecule has 6 nitrogen and oxygen atoms in total. The van der Waals surface area contributed by atoms with Crippen LogP contribution in [0.1, 0.15) is 12.8 Å². The van der Waals surface area contributed by atoms with E-state index >= 15 is 0 Å². The number of piperazine rings is 1. The molecule has 1 unspecified atom stereocenters. The van der Waals surface area contributed by atoms with Gasteiger partial charge < -0.3 is 14.5 Å². The summed E-state index contributed by atoms with van der Waals surface area (Å²) >= 11 is 1.61. The third-order valence-corrected chi connectivity index (χ3v) is 6.69. The molecular formula is C21H21FN4O2S. The number of benzene rings is 1. The standard InChI is InChI=1S/C21H21FN4O2S/c22-15-5-3-14(4-6-15)18-12-16-19(29-18)20(24-13-23-16)25-7-9-26(10-8-25)21(27)17-2-1-11-28-17/h3-6,12-13,17H,1-2,7-11H2. The molecule has 0 saturated carbocycles. The third kappa shape index (κ3) is 3.58. The van der Waals surface area contributed by atoms with Crippen molar-refractivity contribution < 1.29 is 13.9 Å². The van der Waals surface area contributed by atoms with Gasteiger partial charge in [-0.1, -0.05) is 12.1 Å². The van der Waals surface area contributed by atoms with Crippen LogP contribution in [-0.4, -0.2) is 59.7 Å². The Hall–Kier alpha value is -2.58. The first-order chi connectivity index (χ1) is 14.2. The molecule has 2 aromatic heterocycles.